The summed E-state index contributed by atoms with van der Waals surface area (Å²) in [6, 6.07) is 4.49. The zero-order valence-electron chi connectivity index (χ0n) is 8.74. The lowest BCUT2D eigenvalue weighted by atomic mass is 10.4. The van der Waals surface area contributed by atoms with Gasteiger partial charge in [0.1, 0.15) is 4.90 Å². The Morgan fingerprint density at radius 1 is 1.12 bits per heavy atom. The van der Waals surface area contributed by atoms with Crippen molar-refractivity contribution in [2.45, 2.75) is 4.90 Å². The average Bonchev–Trinajstić information content (AvgIpc) is 2.33. The topological polar surface area (TPSA) is 98.0 Å². The molecule has 0 saturated heterocycles. The Balaban J connectivity index is 2.34. The Labute approximate surface area is 98.6 Å². The van der Waals surface area contributed by atoms with Crippen LogP contribution in [0.4, 0.5) is 11.4 Å². The van der Waals surface area contributed by atoms with Crippen LogP contribution in [0.5, 0.6) is 0 Å². The smallest absolute Gasteiger partial charge is 0.263 e. The van der Waals surface area contributed by atoms with E-state index in [2.05, 4.69) is 14.7 Å². The maximum atomic E-state index is 11.9. The Morgan fingerprint density at radius 3 is 2.53 bits per heavy atom. The highest BCUT2D eigenvalue weighted by Crippen LogP contribution is 2.19. The van der Waals surface area contributed by atoms with Crippen molar-refractivity contribution in [2.24, 2.45) is 0 Å². The highest BCUT2D eigenvalue weighted by molar-refractivity contribution is 7.92. The summed E-state index contributed by atoms with van der Waals surface area (Å²) >= 11 is 0. The molecule has 0 aromatic carbocycles. The number of nitrogens with two attached hydrogens (primary N) is 1. The second-order valence-corrected chi connectivity index (χ2v) is 4.94. The van der Waals surface area contributed by atoms with Crippen LogP contribution in [0, 0.1) is 0 Å². The predicted molar refractivity (Wildman–Crippen MR) is 63.7 cm³/mol. The van der Waals surface area contributed by atoms with E-state index in [1.807, 2.05) is 0 Å². The van der Waals surface area contributed by atoms with Crippen LogP contribution in [0.1, 0.15) is 0 Å². The SMILES string of the molecule is Nc1cnccc1NS(=O)(=O)c1cccnc1. The van der Waals surface area contributed by atoms with Crippen molar-refractivity contribution in [3.63, 3.8) is 0 Å². The zero-order chi connectivity index (χ0) is 12.3. The molecule has 2 heterocycles. The molecule has 0 radical (unpaired) electrons. The Kier molecular flexibility index (Phi) is 2.92. The summed E-state index contributed by atoms with van der Waals surface area (Å²) in [4.78, 5) is 7.61. The van der Waals surface area contributed by atoms with Crippen LogP contribution in [0.2, 0.25) is 0 Å². The summed E-state index contributed by atoms with van der Waals surface area (Å²) in [6.07, 6.45) is 5.60. The largest absolute Gasteiger partial charge is 0.396 e. The molecule has 2 rings (SSSR count). The standard InChI is InChI=1S/C10H10N4O2S/c11-9-7-13-5-3-10(9)14-17(15,16)8-2-1-4-12-6-8/h1-7H,11H2,(H,13,14). The van der Waals surface area contributed by atoms with Gasteiger partial charge in [0.25, 0.3) is 10.0 Å². The van der Waals surface area contributed by atoms with E-state index in [1.54, 1.807) is 6.07 Å². The molecule has 0 bridgehead atoms. The Hall–Kier alpha value is -2.15. The van der Waals surface area contributed by atoms with Crippen LogP contribution in [-0.2, 0) is 10.0 Å². The molecule has 0 unspecified atom stereocenters. The van der Waals surface area contributed by atoms with Crippen molar-refractivity contribution < 1.29 is 8.42 Å². The molecular weight excluding hydrogens is 240 g/mol. The molecule has 0 aliphatic heterocycles. The minimum atomic E-state index is -3.66. The molecule has 0 saturated carbocycles. The molecule has 2 aromatic rings. The number of pyridine rings is 2. The van der Waals surface area contributed by atoms with Gasteiger partial charge in [-0.05, 0) is 18.2 Å². The van der Waals surface area contributed by atoms with Crippen LogP contribution in [0.3, 0.4) is 0 Å². The summed E-state index contributed by atoms with van der Waals surface area (Å²) in [5.74, 6) is 0. The van der Waals surface area contributed by atoms with Gasteiger partial charge < -0.3 is 5.73 Å². The first-order valence-corrected chi connectivity index (χ1v) is 6.20. The van der Waals surface area contributed by atoms with E-state index < -0.39 is 10.0 Å². The van der Waals surface area contributed by atoms with E-state index in [1.165, 1.54) is 36.9 Å². The lowest BCUT2D eigenvalue weighted by Crippen LogP contribution is -2.14. The molecule has 0 fully saturated rings. The van der Waals surface area contributed by atoms with Gasteiger partial charge in [0.05, 0.1) is 17.6 Å². The van der Waals surface area contributed by atoms with Crippen molar-refractivity contribution in [1.29, 1.82) is 0 Å². The first kappa shape index (κ1) is 11.3. The first-order valence-electron chi connectivity index (χ1n) is 4.72. The van der Waals surface area contributed by atoms with E-state index in [0.717, 1.165) is 0 Å². The summed E-state index contributed by atoms with van der Waals surface area (Å²) in [7, 11) is -3.66. The van der Waals surface area contributed by atoms with Gasteiger partial charge in [0, 0.05) is 18.6 Å². The molecule has 6 nitrogen and oxygen atoms in total. The number of aromatic nitrogens is 2. The van der Waals surface area contributed by atoms with Crippen LogP contribution >= 0.6 is 0 Å². The van der Waals surface area contributed by atoms with Gasteiger partial charge in [-0.25, -0.2) is 8.42 Å². The molecule has 3 N–H and O–H groups in total. The number of nitrogens with one attached hydrogen (secondary N) is 1. The maximum absolute atomic E-state index is 11.9. The van der Waals surface area contributed by atoms with Gasteiger partial charge in [-0.2, -0.15) is 0 Å². The van der Waals surface area contributed by atoms with Gasteiger partial charge in [0.2, 0.25) is 0 Å². The normalized spacial score (nSPS) is 11.1. The predicted octanol–water partition coefficient (Wildman–Crippen LogP) is 0.860. The minimum Gasteiger partial charge on any atom is -0.396 e. The van der Waals surface area contributed by atoms with E-state index in [9.17, 15) is 8.42 Å². The molecule has 7 heteroatoms. The summed E-state index contributed by atoms with van der Waals surface area (Å²) in [5.41, 5.74) is 6.16. The van der Waals surface area contributed by atoms with Crippen molar-refractivity contribution in [3.8, 4) is 0 Å². The number of nitrogens with zero attached hydrogens (tertiary/aromatic N) is 2. The third-order valence-corrected chi connectivity index (χ3v) is 3.39. The fourth-order valence-electron chi connectivity index (χ4n) is 1.21. The Bertz CT molecular complexity index is 613. The van der Waals surface area contributed by atoms with Crippen LogP contribution in [0.15, 0.2) is 47.9 Å². The van der Waals surface area contributed by atoms with Crippen molar-refractivity contribution in [3.05, 3.63) is 43.0 Å². The summed E-state index contributed by atoms with van der Waals surface area (Å²) < 4.78 is 26.2. The minimum absolute atomic E-state index is 0.0798. The molecule has 88 valence electrons. The molecule has 0 atom stereocenters. The van der Waals surface area contributed by atoms with Crippen molar-refractivity contribution in [2.75, 3.05) is 10.5 Å². The second-order valence-electron chi connectivity index (χ2n) is 3.26. The monoisotopic (exact) mass is 250 g/mol. The van der Waals surface area contributed by atoms with E-state index in [-0.39, 0.29) is 10.6 Å². The quantitative estimate of drug-likeness (QED) is 0.841. The number of rotatable bonds is 3. The lowest BCUT2D eigenvalue weighted by Gasteiger charge is -2.09. The third kappa shape index (κ3) is 2.51. The molecule has 0 amide bonds. The van der Waals surface area contributed by atoms with E-state index in [4.69, 9.17) is 5.73 Å². The molecule has 0 aliphatic carbocycles. The van der Waals surface area contributed by atoms with Gasteiger partial charge in [-0.1, -0.05) is 0 Å². The van der Waals surface area contributed by atoms with Crippen LogP contribution in [-0.4, -0.2) is 18.4 Å². The second kappa shape index (κ2) is 4.38. The summed E-state index contributed by atoms with van der Waals surface area (Å²) in [6.45, 7) is 0. The fraction of sp³-hybridized carbons (Fsp3) is 0. The summed E-state index contributed by atoms with van der Waals surface area (Å²) in [5, 5.41) is 0. The maximum Gasteiger partial charge on any atom is 0.263 e. The zero-order valence-corrected chi connectivity index (χ0v) is 9.55. The Morgan fingerprint density at radius 2 is 1.88 bits per heavy atom. The number of hydrogen-bond donors (Lipinski definition) is 2. The third-order valence-electron chi connectivity index (χ3n) is 2.04. The van der Waals surface area contributed by atoms with Gasteiger partial charge in [-0.3, -0.25) is 14.7 Å². The fourth-order valence-corrected chi connectivity index (χ4v) is 2.26. The van der Waals surface area contributed by atoms with Crippen molar-refractivity contribution >= 4 is 21.4 Å². The van der Waals surface area contributed by atoms with Gasteiger partial charge in [-0.15, -0.1) is 0 Å². The average molecular weight is 250 g/mol. The van der Waals surface area contributed by atoms with E-state index in [0.29, 0.717) is 5.69 Å². The number of hydrogen-bond acceptors (Lipinski definition) is 5. The van der Waals surface area contributed by atoms with Crippen molar-refractivity contribution in [1.82, 2.24) is 9.97 Å². The first-order chi connectivity index (χ1) is 8.09. The number of nitrogen functional groups attached to an aromatic ring is 1. The molecule has 2 aromatic heterocycles. The van der Waals surface area contributed by atoms with Crippen LogP contribution < -0.4 is 10.5 Å². The highest BCUT2D eigenvalue weighted by atomic mass is 32.2. The van der Waals surface area contributed by atoms with E-state index >= 15 is 0 Å². The van der Waals surface area contributed by atoms with Crippen LogP contribution in [0.25, 0.3) is 0 Å². The molecule has 17 heavy (non-hydrogen) atoms. The molecule has 0 spiro atoms. The molecule has 0 aliphatic rings. The van der Waals surface area contributed by atoms with Gasteiger partial charge >= 0.3 is 0 Å². The number of sulfonamides is 1. The lowest BCUT2D eigenvalue weighted by molar-refractivity contribution is 0.601. The van der Waals surface area contributed by atoms with Gasteiger partial charge in [0.15, 0.2) is 0 Å². The number of anilines is 2. The highest BCUT2D eigenvalue weighted by Gasteiger charge is 2.15. The molecular formula is C10H10N4O2S.